The van der Waals surface area contributed by atoms with Gasteiger partial charge < -0.3 is 0 Å². The maximum Gasteiger partial charge on any atom is 0.129 e. The maximum atomic E-state index is 3.44. The van der Waals surface area contributed by atoms with Crippen LogP contribution >= 0.6 is 0 Å². The summed E-state index contributed by atoms with van der Waals surface area (Å²) in [7, 11) is -1.18. The van der Waals surface area contributed by atoms with Gasteiger partial charge in [0, 0.05) is 6.42 Å². The van der Waals surface area contributed by atoms with Crippen LogP contribution in [0.4, 0.5) is 0 Å². The molecule has 0 amide bonds. The van der Waals surface area contributed by atoms with Gasteiger partial charge in [-0.2, -0.15) is 0 Å². The molecule has 0 radical (unpaired) electrons. The molecule has 1 rings (SSSR count). The molecule has 0 heterocycles. The van der Waals surface area contributed by atoms with Crippen molar-refractivity contribution in [3.8, 4) is 11.5 Å². The fourth-order valence-corrected chi connectivity index (χ4v) is 2.94. The molecule has 0 aliphatic carbocycles. The summed E-state index contributed by atoms with van der Waals surface area (Å²) in [6, 6.07) is 4.58. The Hall–Kier alpha value is -1.00. The monoisotopic (exact) mass is 258 g/mol. The van der Waals surface area contributed by atoms with Crippen molar-refractivity contribution in [1.29, 1.82) is 0 Å². The van der Waals surface area contributed by atoms with Crippen LogP contribution in [0.15, 0.2) is 12.1 Å². The molecule has 1 heteroatoms. The second-order valence-electron chi connectivity index (χ2n) is 6.28. The van der Waals surface area contributed by atoms with Crippen molar-refractivity contribution in [1.82, 2.24) is 0 Å². The van der Waals surface area contributed by atoms with Crippen LogP contribution in [0.1, 0.15) is 35.1 Å². The Kier molecular flexibility index (Phi) is 5.23. The Bertz CT molecular complexity index is 444. The Morgan fingerprint density at radius 3 is 2.06 bits per heavy atom. The zero-order valence-electron chi connectivity index (χ0n) is 12.8. The smallest absolute Gasteiger partial charge is 0.129 e. The van der Waals surface area contributed by atoms with Gasteiger partial charge in [-0.15, -0.1) is 11.5 Å². The van der Waals surface area contributed by atoms with Crippen molar-refractivity contribution in [3.05, 3.63) is 34.4 Å². The number of hydrogen-bond acceptors (Lipinski definition) is 0. The molecule has 0 fully saturated rings. The molecular weight excluding hydrogens is 232 g/mol. The summed E-state index contributed by atoms with van der Waals surface area (Å²) in [4.78, 5) is 0. The van der Waals surface area contributed by atoms with E-state index in [1.165, 1.54) is 35.1 Å². The molecule has 0 nitrogen and oxygen atoms in total. The normalized spacial score (nSPS) is 11.0. The minimum atomic E-state index is -1.18. The van der Waals surface area contributed by atoms with Crippen LogP contribution in [0.5, 0.6) is 0 Å². The lowest BCUT2D eigenvalue weighted by atomic mass is 9.96. The summed E-state index contributed by atoms with van der Waals surface area (Å²) in [5.74, 6) is 3.36. The van der Waals surface area contributed by atoms with Crippen LogP contribution in [0.2, 0.25) is 19.6 Å². The summed E-state index contributed by atoms with van der Waals surface area (Å²) in [6.45, 7) is 13.5. The highest BCUT2D eigenvalue weighted by Crippen LogP contribution is 2.18. The van der Waals surface area contributed by atoms with Crippen molar-refractivity contribution in [2.24, 2.45) is 0 Å². The van der Waals surface area contributed by atoms with Gasteiger partial charge in [0.15, 0.2) is 0 Å². The lowest BCUT2D eigenvalue weighted by molar-refractivity contribution is 0.845. The minimum Gasteiger partial charge on any atom is -0.132 e. The summed E-state index contributed by atoms with van der Waals surface area (Å²) in [5.41, 5.74) is 9.20. The summed E-state index contributed by atoms with van der Waals surface area (Å²) < 4.78 is 0. The number of benzene rings is 1. The molecule has 1 aromatic carbocycles. The van der Waals surface area contributed by atoms with Gasteiger partial charge in [-0.1, -0.05) is 37.3 Å². The first-order valence-corrected chi connectivity index (χ1v) is 10.4. The van der Waals surface area contributed by atoms with Crippen molar-refractivity contribution < 1.29 is 0 Å². The fourth-order valence-electron chi connectivity index (χ4n) is 2.29. The SMILES string of the molecule is Cc1cc(C)c(CCCC#C[Si](C)(C)C)c(C)c1. The number of rotatable bonds is 3. The van der Waals surface area contributed by atoms with E-state index in [2.05, 4.69) is 64.0 Å². The molecule has 0 aliphatic rings. The third kappa shape index (κ3) is 5.10. The number of aryl methyl sites for hydroxylation is 3. The zero-order valence-corrected chi connectivity index (χ0v) is 13.8. The van der Waals surface area contributed by atoms with Gasteiger partial charge in [-0.3, -0.25) is 0 Å². The average molecular weight is 258 g/mol. The highest BCUT2D eigenvalue weighted by molar-refractivity contribution is 6.83. The Balaban J connectivity index is 2.57. The van der Waals surface area contributed by atoms with E-state index in [0.717, 1.165) is 6.42 Å². The Labute approximate surface area is 114 Å². The first kappa shape index (κ1) is 15.1. The van der Waals surface area contributed by atoms with Crippen molar-refractivity contribution in [3.63, 3.8) is 0 Å². The average Bonchev–Trinajstić information content (AvgIpc) is 2.19. The van der Waals surface area contributed by atoms with Gasteiger partial charge in [-0.05, 0) is 50.3 Å². The molecular formula is C17H26Si. The maximum absolute atomic E-state index is 3.44. The Morgan fingerprint density at radius 1 is 1.00 bits per heavy atom. The third-order valence-electron chi connectivity index (χ3n) is 3.03. The molecule has 0 spiro atoms. The highest BCUT2D eigenvalue weighted by Gasteiger charge is 2.07. The lowest BCUT2D eigenvalue weighted by Gasteiger charge is -2.10. The third-order valence-corrected chi connectivity index (χ3v) is 3.96. The van der Waals surface area contributed by atoms with Crippen LogP contribution in [0.25, 0.3) is 0 Å². The molecule has 0 atom stereocenters. The van der Waals surface area contributed by atoms with E-state index in [1.807, 2.05) is 0 Å². The molecule has 0 aromatic heterocycles. The van der Waals surface area contributed by atoms with E-state index in [0.29, 0.717) is 0 Å². The molecule has 0 unspecified atom stereocenters. The first-order valence-electron chi connectivity index (χ1n) is 6.86. The predicted octanol–water partition coefficient (Wildman–Crippen LogP) is 4.82. The van der Waals surface area contributed by atoms with Gasteiger partial charge in [0.05, 0.1) is 0 Å². The number of hydrogen-bond donors (Lipinski definition) is 0. The fraction of sp³-hybridized carbons (Fsp3) is 0.529. The van der Waals surface area contributed by atoms with E-state index in [-0.39, 0.29) is 0 Å². The quantitative estimate of drug-likeness (QED) is 0.414. The van der Waals surface area contributed by atoms with Gasteiger partial charge >= 0.3 is 0 Å². The second kappa shape index (κ2) is 6.25. The molecule has 0 saturated carbocycles. The lowest BCUT2D eigenvalue weighted by Crippen LogP contribution is -2.16. The molecule has 0 bridgehead atoms. The molecule has 18 heavy (non-hydrogen) atoms. The van der Waals surface area contributed by atoms with Crippen molar-refractivity contribution in [2.45, 2.75) is 59.7 Å². The van der Waals surface area contributed by atoms with Gasteiger partial charge in [0.1, 0.15) is 8.07 Å². The molecule has 0 saturated heterocycles. The minimum absolute atomic E-state index is 1.04. The van der Waals surface area contributed by atoms with Crippen LogP contribution in [-0.2, 0) is 6.42 Å². The van der Waals surface area contributed by atoms with Gasteiger partial charge in [-0.25, -0.2) is 0 Å². The number of unbranched alkanes of at least 4 members (excludes halogenated alkanes) is 1. The summed E-state index contributed by atoms with van der Waals surface area (Å²) in [5, 5.41) is 0. The first-order chi connectivity index (χ1) is 8.29. The van der Waals surface area contributed by atoms with Crippen LogP contribution in [-0.4, -0.2) is 8.07 Å². The van der Waals surface area contributed by atoms with E-state index < -0.39 is 8.07 Å². The predicted molar refractivity (Wildman–Crippen MR) is 84.7 cm³/mol. The summed E-state index contributed by atoms with van der Waals surface area (Å²) >= 11 is 0. The van der Waals surface area contributed by atoms with Crippen molar-refractivity contribution >= 4 is 8.07 Å². The van der Waals surface area contributed by atoms with E-state index >= 15 is 0 Å². The zero-order chi connectivity index (χ0) is 13.8. The molecule has 98 valence electrons. The van der Waals surface area contributed by atoms with Crippen LogP contribution in [0.3, 0.4) is 0 Å². The van der Waals surface area contributed by atoms with Crippen molar-refractivity contribution in [2.75, 3.05) is 0 Å². The molecule has 1 aromatic rings. The van der Waals surface area contributed by atoms with E-state index in [1.54, 1.807) is 0 Å². The topological polar surface area (TPSA) is 0 Å². The Morgan fingerprint density at radius 2 is 1.56 bits per heavy atom. The van der Waals surface area contributed by atoms with E-state index in [4.69, 9.17) is 0 Å². The largest absolute Gasteiger partial charge is 0.132 e. The standard InChI is InChI=1S/C17H26Si/c1-14-12-15(2)17(16(3)13-14)10-8-7-9-11-18(4,5)6/h12-13H,7-8,10H2,1-6H3. The van der Waals surface area contributed by atoms with Crippen LogP contribution in [0, 0.1) is 32.2 Å². The molecule has 0 N–H and O–H groups in total. The van der Waals surface area contributed by atoms with Gasteiger partial charge in [0.25, 0.3) is 0 Å². The highest BCUT2D eigenvalue weighted by atomic mass is 28.3. The molecule has 0 aliphatic heterocycles. The second-order valence-corrected chi connectivity index (χ2v) is 11.0. The van der Waals surface area contributed by atoms with Crippen LogP contribution < -0.4 is 0 Å². The van der Waals surface area contributed by atoms with E-state index in [9.17, 15) is 0 Å². The van der Waals surface area contributed by atoms with Gasteiger partial charge in [0.2, 0.25) is 0 Å². The summed E-state index contributed by atoms with van der Waals surface area (Å²) in [6.07, 6.45) is 3.39.